The molecule has 5 N–H and O–H groups in total. The molecule has 2 amide bonds. The van der Waals surface area contributed by atoms with E-state index in [2.05, 4.69) is 11.8 Å². The van der Waals surface area contributed by atoms with Gasteiger partial charge in [-0.3, -0.25) is 15.0 Å². The molecule has 0 saturated heterocycles. The molecular weight excluding hydrogens is 194 g/mol. The first-order valence-electron chi connectivity index (χ1n) is 4.06. The summed E-state index contributed by atoms with van der Waals surface area (Å²) in [5.74, 6) is 8.60. The fourth-order valence-corrected chi connectivity index (χ4v) is 0.922. The maximum absolute atomic E-state index is 11.0. The highest BCUT2D eigenvalue weighted by Crippen LogP contribution is 2.02. The molecule has 0 bridgehead atoms. The van der Waals surface area contributed by atoms with Crippen LogP contribution in [0.2, 0.25) is 0 Å². The predicted molar refractivity (Wildman–Crippen MR) is 54.2 cm³/mol. The Morgan fingerprint density at radius 2 is 1.80 bits per heavy atom. The summed E-state index contributed by atoms with van der Waals surface area (Å²) >= 11 is 0. The molecule has 0 aromatic heterocycles. The quantitative estimate of drug-likeness (QED) is 0.239. The average molecular weight is 203 g/mol. The second-order valence-electron chi connectivity index (χ2n) is 2.67. The van der Waals surface area contributed by atoms with Crippen molar-refractivity contribution in [1.82, 2.24) is 5.43 Å². The number of hydrogen-bond donors (Lipinski definition) is 3. The van der Waals surface area contributed by atoms with Gasteiger partial charge in [0.05, 0.1) is 0 Å². The lowest BCUT2D eigenvalue weighted by Gasteiger charge is -1.98. The summed E-state index contributed by atoms with van der Waals surface area (Å²) in [7, 11) is 0. The Bertz CT molecular complexity index is 440. The van der Waals surface area contributed by atoms with Gasteiger partial charge in [-0.15, -0.1) is 0 Å². The SMILES string of the molecule is NNC(=O)c1ccc(C#CC(N)=O)cc1. The van der Waals surface area contributed by atoms with Gasteiger partial charge in [-0.2, -0.15) is 0 Å². The van der Waals surface area contributed by atoms with E-state index >= 15 is 0 Å². The van der Waals surface area contributed by atoms with Crippen LogP contribution in [0, 0.1) is 11.8 Å². The van der Waals surface area contributed by atoms with E-state index in [1.807, 2.05) is 5.43 Å². The first-order valence-corrected chi connectivity index (χ1v) is 4.06. The molecule has 76 valence electrons. The van der Waals surface area contributed by atoms with Gasteiger partial charge in [0, 0.05) is 11.1 Å². The summed E-state index contributed by atoms with van der Waals surface area (Å²) in [6, 6.07) is 6.29. The number of amides is 2. The Morgan fingerprint density at radius 3 is 2.27 bits per heavy atom. The highest BCUT2D eigenvalue weighted by molar-refractivity contribution is 5.94. The van der Waals surface area contributed by atoms with Crippen LogP contribution in [0.5, 0.6) is 0 Å². The van der Waals surface area contributed by atoms with Gasteiger partial charge < -0.3 is 5.73 Å². The van der Waals surface area contributed by atoms with Crippen molar-refractivity contribution in [1.29, 1.82) is 0 Å². The maximum Gasteiger partial charge on any atom is 0.293 e. The van der Waals surface area contributed by atoms with Gasteiger partial charge in [0.15, 0.2) is 0 Å². The fraction of sp³-hybridized carbons (Fsp3) is 0. The van der Waals surface area contributed by atoms with Crippen molar-refractivity contribution in [2.24, 2.45) is 11.6 Å². The molecule has 5 nitrogen and oxygen atoms in total. The molecule has 0 aliphatic carbocycles. The molecule has 5 heteroatoms. The van der Waals surface area contributed by atoms with Crippen molar-refractivity contribution in [2.45, 2.75) is 0 Å². The van der Waals surface area contributed by atoms with Crippen LogP contribution >= 0.6 is 0 Å². The van der Waals surface area contributed by atoms with Gasteiger partial charge in [-0.1, -0.05) is 5.92 Å². The second-order valence-corrected chi connectivity index (χ2v) is 2.67. The lowest BCUT2D eigenvalue weighted by molar-refractivity contribution is -0.112. The number of nitrogens with two attached hydrogens (primary N) is 2. The van der Waals surface area contributed by atoms with Gasteiger partial charge >= 0.3 is 0 Å². The van der Waals surface area contributed by atoms with E-state index in [0.717, 1.165) is 0 Å². The molecule has 15 heavy (non-hydrogen) atoms. The Balaban J connectivity index is 2.87. The van der Waals surface area contributed by atoms with Crippen LogP contribution in [0.3, 0.4) is 0 Å². The van der Waals surface area contributed by atoms with E-state index in [1.54, 1.807) is 24.3 Å². The van der Waals surface area contributed by atoms with Crippen LogP contribution in [-0.2, 0) is 4.79 Å². The summed E-state index contributed by atoms with van der Waals surface area (Å²) in [5.41, 5.74) is 7.87. The lowest BCUT2D eigenvalue weighted by Crippen LogP contribution is -2.29. The van der Waals surface area contributed by atoms with Gasteiger partial charge in [-0.25, -0.2) is 5.84 Å². The van der Waals surface area contributed by atoms with Crippen molar-refractivity contribution >= 4 is 11.8 Å². The van der Waals surface area contributed by atoms with Crippen LogP contribution in [0.25, 0.3) is 0 Å². The second kappa shape index (κ2) is 4.79. The average Bonchev–Trinajstić information content (AvgIpc) is 2.26. The molecule has 0 saturated carbocycles. The summed E-state index contributed by atoms with van der Waals surface area (Å²) in [6.45, 7) is 0. The monoisotopic (exact) mass is 203 g/mol. The number of hydrogen-bond acceptors (Lipinski definition) is 3. The van der Waals surface area contributed by atoms with Gasteiger partial charge in [0.25, 0.3) is 11.8 Å². The Hall–Kier alpha value is -2.32. The first-order chi connectivity index (χ1) is 7.13. The van der Waals surface area contributed by atoms with E-state index in [9.17, 15) is 9.59 Å². The van der Waals surface area contributed by atoms with Crippen molar-refractivity contribution in [2.75, 3.05) is 0 Å². The number of hydrazine groups is 1. The summed E-state index contributed by atoms with van der Waals surface area (Å²) < 4.78 is 0. The number of rotatable bonds is 1. The number of carbonyl (C=O) groups excluding carboxylic acids is 2. The number of nitrogens with one attached hydrogen (secondary N) is 1. The third-order valence-corrected chi connectivity index (χ3v) is 1.61. The number of benzene rings is 1. The third kappa shape index (κ3) is 3.14. The highest BCUT2D eigenvalue weighted by atomic mass is 16.2. The van der Waals surface area contributed by atoms with E-state index in [4.69, 9.17) is 11.6 Å². The molecule has 0 aliphatic rings. The van der Waals surface area contributed by atoms with Gasteiger partial charge in [-0.05, 0) is 30.2 Å². The van der Waals surface area contributed by atoms with Crippen LogP contribution in [0.1, 0.15) is 15.9 Å². The molecule has 0 heterocycles. The third-order valence-electron chi connectivity index (χ3n) is 1.61. The fourth-order valence-electron chi connectivity index (χ4n) is 0.922. The van der Waals surface area contributed by atoms with E-state index < -0.39 is 5.91 Å². The lowest BCUT2D eigenvalue weighted by atomic mass is 10.1. The molecule has 0 unspecified atom stereocenters. The largest absolute Gasteiger partial charge is 0.359 e. The maximum atomic E-state index is 11.0. The topological polar surface area (TPSA) is 98.2 Å². The van der Waals surface area contributed by atoms with Gasteiger partial charge in [0.2, 0.25) is 0 Å². The van der Waals surface area contributed by atoms with Crippen molar-refractivity contribution in [3.8, 4) is 11.8 Å². The number of nitrogen functional groups attached to an aromatic ring is 1. The highest BCUT2D eigenvalue weighted by Gasteiger charge is 2.01. The molecule has 1 rings (SSSR count). The normalized spacial score (nSPS) is 8.60. The van der Waals surface area contributed by atoms with E-state index in [0.29, 0.717) is 11.1 Å². The number of primary amides is 1. The molecule has 0 atom stereocenters. The zero-order chi connectivity index (χ0) is 11.3. The van der Waals surface area contributed by atoms with E-state index in [-0.39, 0.29) is 5.91 Å². The first kappa shape index (κ1) is 10.8. The van der Waals surface area contributed by atoms with Crippen LogP contribution in [0.15, 0.2) is 24.3 Å². The Kier molecular flexibility index (Phi) is 3.43. The van der Waals surface area contributed by atoms with Crippen molar-refractivity contribution < 1.29 is 9.59 Å². The summed E-state index contributed by atoms with van der Waals surface area (Å²) in [6.07, 6.45) is 0. The van der Waals surface area contributed by atoms with Crippen LogP contribution < -0.4 is 17.0 Å². The Labute approximate surface area is 86.4 Å². The minimum absolute atomic E-state index is 0.385. The van der Waals surface area contributed by atoms with Crippen LogP contribution in [-0.4, -0.2) is 11.8 Å². The zero-order valence-electron chi connectivity index (χ0n) is 7.78. The molecule has 0 aliphatic heterocycles. The molecule has 1 aromatic carbocycles. The molecule has 0 fully saturated rings. The van der Waals surface area contributed by atoms with E-state index in [1.165, 1.54) is 0 Å². The minimum atomic E-state index is -0.696. The Morgan fingerprint density at radius 1 is 1.20 bits per heavy atom. The molecular formula is C10H9N3O2. The summed E-state index contributed by atoms with van der Waals surface area (Å²) in [5, 5.41) is 0. The number of carbonyl (C=O) groups is 2. The van der Waals surface area contributed by atoms with Crippen LogP contribution in [0.4, 0.5) is 0 Å². The smallest absolute Gasteiger partial charge is 0.293 e. The minimum Gasteiger partial charge on any atom is -0.359 e. The van der Waals surface area contributed by atoms with Gasteiger partial charge in [0.1, 0.15) is 0 Å². The van der Waals surface area contributed by atoms with Crippen molar-refractivity contribution in [3.63, 3.8) is 0 Å². The van der Waals surface area contributed by atoms with Crippen molar-refractivity contribution in [3.05, 3.63) is 35.4 Å². The summed E-state index contributed by atoms with van der Waals surface area (Å²) in [4.78, 5) is 21.4. The zero-order valence-corrected chi connectivity index (χ0v) is 7.78. The predicted octanol–water partition coefficient (Wildman–Crippen LogP) is -0.873. The molecule has 0 spiro atoms. The standard InChI is InChI=1S/C10H9N3O2/c11-9(14)6-3-7-1-4-8(5-2-7)10(15)13-12/h1-2,4-5H,12H2,(H2,11,14)(H,13,15). The molecule has 0 radical (unpaired) electrons. The molecule has 1 aromatic rings.